The first-order chi connectivity index (χ1) is 9.95. The van der Waals surface area contributed by atoms with Crippen molar-refractivity contribution in [2.45, 2.75) is 20.3 Å². The van der Waals surface area contributed by atoms with Crippen molar-refractivity contribution in [3.05, 3.63) is 46.3 Å². The molecule has 0 bridgehead atoms. The summed E-state index contributed by atoms with van der Waals surface area (Å²) in [6, 6.07) is 2.06. The Balaban J connectivity index is 1.96. The number of nitrogens with one attached hydrogen (secondary N) is 1. The van der Waals surface area contributed by atoms with E-state index in [4.69, 9.17) is 5.73 Å². The molecule has 0 atom stereocenters. The minimum Gasteiger partial charge on any atom is -0.370 e. The molecule has 2 rings (SSSR count). The fraction of sp³-hybridized carbons (Fsp3) is 0.333. The first-order valence-corrected chi connectivity index (χ1v) is 7.57. The van der Waals surface area contributed by atoms with Crippen LogP contribution in [0.25, 0.3) is 5.65 Å². The summed E-state index contributed by atoms with van der Waals surface area (Å²) in [4.78, 5) is 8.81. The summed E-state index contributed by atoms with van der Waals surface area (Å²) < 4.78 is 3.08. The van der Waals surface area contributed by atoms with Crippen molar-refractivity contribution in [3.63, 3.8) is 0 Å². The van der Waals surface area contributed by atoms with Crippen molar-refractivity contribution < 1.29 is 0 Å². The van der Waals surface area contributed by atoms with E-state index >= 15 is 0 Å². The summed E-state index contributed by atoms with van der Waals surface area (Å²) >= 11 is 3.49. The SMILES string of the molecule is C=C(C)CN=C(N)NCCc1cn2cc(Br)cc(C)c2n1. The zero-order valence-electron chi connectivity index (χ0n) is 12.4. The number of hydrogen-bond acceptors (Lipinski definition) is 2. The molecule has 21 heavy (non-hydrogen) atoms. The van der Waals surface area contributed by atoms with Gasteiger partial charge in [-0.1, -0.05) is 12.2 Å². The van der Waals surface area contributed by atoms with Crippen LogP contribution >= 0.6 is 15.9 Å². The lowest BCUT2D eigenvalue weighted by molar-refractivity contribution is 0.837. The fourth-order valence-electron chi connectivity index (χ4n) is 1.99. The Bertz CT molecular complexity index is 687. The standard InChI is InChI=1S/C15H20BrN5/c1-10(2)7-19-15(17)18-5-4-13-9-21-8-12(16)6-11(3)14(21)20-13/h6,8-9H,1,4-5,7H2,2-3H3,(H3,17,18,19). The van der Waals surface area contributed by atoms with Crippen LogP contribution < -0.4 is 11.1 Å². The lowest BCUT2D eigenvalue weighted by Crippen LogP contribution is -2.33. The number of aliphatic imine (C=N–C) groups is 1. The van der Waals surface area contributed by atoms with Gasteiger partial charge in [-0.05, 0) is 41.4 Å². The monoisotopic (exact) mass is 349 g/mol. The van der Waals surface area contributed by atoms with Crippen LogP contribution in [-0.2, 0) is 6.42 Å². The van der Waals surface area contributed by atoms with Crippen molar-refractivity contribution in [3.8, 4) is 0 Å². The second kappa shape index (κ2) is 6.76. The second-order valence-corrected chi connectivity index (χ2v) is 6.06. The molecular weight excluding hydrogens is 330 g/mol. The molecule has 0 aliphatic rings. The zero-order valence-corrected chi connectivity index (χ0v) is 13.9. The molecule has 2 aromatic rings. The van der Waals surface area contributed by atoms with Crippen LogP contribution in [0.4, 0.5) is 0 Å². The second-order valence-electron chi connectivity index (χ2n) is 5.14. The predicted octanol–water partition coefficient (Wildman–Crippen LogP) is 2.43. The van der Waals surface area contributed by atoms with Gasteiger partial charge < -0.3 is 15.5 Å². The summed E-state index contributed by atoms with van der Waals surface area (Å²) in [7, 11) is 0. The molecule has 0 amide bonds. The summed E-state index contributed by atoms with van der Waals surface area (Å²) in [5.74, 6) is 0.445. The topological polar surface area (TPSA) is 67.7 Å². The summed E-state index contributed by atoms with van der Waals surface area (Å²) in [6.07, 6.45) is 4.84. The summed E-state index contributed by atoms with van der Waals surface area (Å²) in [6.45, 7) is 9.02. The van der Waals surface area contributed by atoms with Gasteiger partial charge in [0, 0.05) is 29.8 Å². The van der Waals surface area contributed by atoms with E-state index in [2.05, 4.69) is 50.8 Å². The molecule has 0 aromatic carbocycles. The van der Waals surface area contributed by atoms with E-state index in [9.17, 15) is 0 Å². The van der Waals surface area contributed by atoms with Gasteiger partial charge in [-0.15, -0.1) is 0 Å². The molecule has 112 valence electrons. The molecule has 2 aromatic heterocycles. The van der Waals surface area contributed by atoms with Crippen molar-refractivity contribution in [2.24, 2.45) is 10.7 Å². The van der Waals surface area contributed by atoms with Crippen molar-refractivity contribution in [1.29, 1.82) is 0 Å². The normalized spacial score (nSPS) is 11.9. The van der Waals surface area contributed by atoms with E-state index < -0.39 is 0 Å². The van der Waals surface area contributed by atoms with Crippen LogP contribution in [-0.4, -0.2) is 28.4 Å². The lowest BCUT2D eigenvalue weighted by Gasteiger charge is -2.03. The number of pyridine rings is 1. The predicted molar refractivity (Wildman–Crippen MR) is 90.6 cm³/mol. The highest BCUT2D eigenvalue weighted by Gasteiger charge is 2.05. The van der Waals surface area contributed by atoms with Crippen molar-refractivity contribution in [1.82, 2.24) is 14.7 Å². The Labute approximate surface area is 133 Å². The van der Waals surface area contributed by atoms with E-state index in [0.717, 1.165) is 33.4 Å². The highest BCUT2D eigenvalue weighted by Crippen LogP contribution is 2.17. The molecule has 0 aliphatic heterocycles. The maximum absolute atomic E-state index is 5.77. The van der Waals surface area contributed by atoms with E-state index in [-0.39, 0.29) is 0 Å². The molecule has 0 unspecified atom stereocenters. The molecule has 0 saturated carbocycles. The van der Waals surface area contributed by atoms with Gasteiger partial charge in [-0.2, -0.15) is 0 Å². The molecule has 0 aliphatic carbocycles. The van der Waals surface area contributed by atoms with Gasteiger partial charge in [-0.3, -0.25) is 0 Å². The quantitative estimate of drug-likeness (QED) is 0.494. The summed E-state index contributed by atoms with van der Waals surface area (Å²) in [5.41, 5.74) is 9.91. The number of nitrogens with zero attached hydrogens (tertiary/aromatic N) is 3. The minimum atomic E-state index is 0.445. The van der Waals surface area contributed by atoms with E-state index in [1.54, 1.807) is 0 Å². The van der Waals surface area contributed by atoms with Gasteiger partial charge in [0.2, 0.25) is 0 Å². The van der Waals surface area contributed by atoms with Gasteiger partial charge in [0.05, 0.1) is 12.2 Å². The lowest BCUT2D eigenvalue weighted by atomic mass is 10.3. The minimum absolute atomic E-state index is 0.445. The van der Waals surface area contributed by atoms with E-state index in [1.807, 2.05) is 23.7 Å². The average molecular weight is 350 g/mol. The molecule has 0 radical (unpaired) electrons. The van der Waals surface area contributed by atoms with Crippen LogP contribution in [0.1, 0.15) is 18.2 Å². The largest absolute Gasteiger partial charge is 0.370 e. The molecule has 6 heteroatoms. The first-order valence-electron chi connectivity index (χ1n) is 6.77. The Morgan fingerprint density at radius 2 is 2.29 bits per heavy atom. The Morgan fingerprint density at radius 3 is 3.00 bits per heavy atom. The highest BCUT2D eigenvalue weighted by atomic mass is 79.9. The van der Waals surface area contributed by atoms with Crippen LogP contribution in [0.2, 0.25) is 0 Å². The highest BCUT2D eigenvalue weighted by molar-refractivity contribution is 9.10. The third-order valence-corrected chi connectivity index (χ3v) is 3.39. The third kappa shape index (κ3) is 4.32. The fourth-order valence-corrected chi connectivity index (χ4v) is 2.56. The van der Waals surface area contributed by atoms with E-state index in [0.29, 0.717) is 19.0 Å². The van der Waals surface area contributed by atoms with E-state index in [1.165, 1.54) is 0 Å². The number of fused-ring (bicyclic) bond motifs is 1. The van der Waals surface area contributed by atoms with Crippen LogP contribution in [0, 0.1) is 6.92 Å². The van der Waals surface area contributed by atoms with Crippen molar-refractivity contribution in [2.75, 3.05) is 13.1 Å². The number of imidazole rings is 1. The van der Waals surface area contributed by atoms with Gasteiger partial charge in [0.15, 0.2) is 5.96 Å². The number of aromatic nitrogens is 2. The van der Waals surface area contributed by atoms with Crippen LogP contribution in [0.15, 0.2) is 40.1 Å². The number of guanidine groups is 1. The molecule has 0 spiro atoms. The van der Waals surface area contributed by atoms with Crippen LogP contribution in [0.5, 0.6) is 0 Å². The Hall–Kier alpha value is -1.82. The maximum Gasteiger partial charge on any atom is 0.188 e. The molecule has 5 nitrogen and oxygen atoms in total. The number of halogens is 1. The Morgan fingerprint density at radius 1 is 1.52 bits per heavy atom. The molecule has 0 saturated heterocycles. The number of nitrogens with two attached hydrogens (primary N) is 1. The number of rotatable bonds is 5. The molecule has 0 fully saturated rings. The number of aryl methyl sites for hydroxylation is 1. The van der Waals surface area contributed by atoms with Crippen molar-refractivity contribution >= 4 is 27.5 Å². The third-order valence-electron chi connectivity index (χ3n) is 2.96. The number of hydrogen-bond donors (Lipinski definition) is 2. The zero-order chi connectivity index (χ0) is 15.4. The average Bonchev–Trinajstić information content (AvgIpc) is 2.79. The maximum atomic E-state index is 5.77. The van der Waals surface area contributed by atoms with Gasteiger partial charge in [0.25, 0.3) is 0 Å². The molecule has 2 heterocycles. The molecule has 3 N–H and O–H groups in total. The smallest absolute Gasteiger partial charge is 0.188 e. The van der Waals surface area contributed by atoms with Gasteiger partial charge >= 0.3 is 0 Å². The summed E-state index contributed by atoms with van der Waals surface area (Å²) in [5, 5.41) is 3.08. The first kappa shape index (κ1) is 15.6. The molecular formula is C15H20BrN5. The van der Waals surface area contributed by atoms with Crippen LogP contribution in [0.3, 0.4) is 0 Å². The Kier molecular flexibility index (Phi) is 5.01. The van der Waals surface area contributed by atoms with Gasteiger partial charge in [0.1, 0.15) is 5.65 Å². The van der Waals surface area contributed by atoms with Gasteiger partial charge in [-0.25, -0.2) is 9.98 Å².